The van der Waals surface area contributed by atoms with Crippen molar-refractivity contribution in [3.63, 3.8) is 0 Å². The minimum atomic E-state index is -1.07. The molecule has 1 N–H and O–H groups in total. The van der Waals surface area contributed by atoms with Crippen molar-refractivity contribution in [2.24, 2.45) is 0 Å². The number of aliphatic carboxylic acids is 1. The normalized spacial score (nSPS) is 17.8. The van der Waals surface area contributed by atoms with Crippen molar-refractivity contribution in [1.29, 1.82) is 0 Å². The molecule has 1 aromatic heterocycles. The zero-order chi connectivity index (χ0) is 17.3. The number of rotatable bonds is 3. The number of carbonyl (C=O) groups excluding carboxylic acids is 1. The van der Waals surface area contributed by atoms with Crippen molar-refractivity contribution < 1.29 is 19.4 Å². The van der Waals surface area contributed by atoms with Crippen molar-refractivity contribution in [3.8, 4) is 5.69 Å². The number of carboxylic acids is 1. The van der Waals surface area contributed by atoms with E-state index >= 15 is 0 Å². The molecule has 1 saturated heterocycles. The molecule has 0 radical (unpaired) electrons. The zero-order valence-electron chi connectivity index (χ0n) is 13.0. The molecule has 126 valence electrons. The number of carbonyl (C=O) groups is 2. The van der Waals surface area contributed by atoms with Gasteiger partial charge in [-0.1, -0.05) is 15.9 Å². The van der Waals surface area contributed by atoms with Gasteiger partial charge in [-0.25, -0.2) is 9.48 Å². The van der Waals surface area contributed by atoms with Gasteiger partial charge in [-0.05, 0) is 31.2 Å². The predicted molar refractivity (Wildman–Crippen MR) is 89.3 cm³/mol. The maximum Gasteiger partial charge on any atom is 0.328 e. The molecule has 1 aromatic carbocycles. The number of nitrogens with zero attached hydrogens (tertiary/aromatic N) is 3. The van der Waals surface area contributed by atoms with Gasteiger partial charge in [0.15, 0.2) is 6.04 Å². The first-order valence-corrected chi connectivity index (χ1v) is 8.20. The number of carboxylic acid groups (broad SMARTS) is 1. The Kier molecular flexibility index (Phi) is 4.68. The zero-order valence-corrected chi connectivity index (χ0v) is 14.6. The second-order valence-corrected chi connectivity index (χ2v) is 6.38. The molecule has 0 bridgehead atoms. The van der Waals surface area contributed by atoms with Crippen LogP contribution in [0.15, 0.2) is 34.9 Å². The van der Waals surface area contributed by atoms with Crippen LogP contribution in [0.1, 0.15) is 16.1 Å². The largest absolute Gasteiger partial charge is 0.480 e. The highest BCUT2D eigenvalue weighted by Crippen LogP contribution is 2.20. The number of hydrogen-bond donors (Lipinski definition) is 1. The fourth-order valence-corrected chi connectivity index (χ4v) is 2.93. The number of halogens is 1. The molecule has 2 aromatic rings. The summed E-state index contributed by atoms with van der Waals surface area (Å²) in [5, 5.41) is 13.6. The Hall–Kier alpha value is -2.19. The maximum absolute atomic E-state index is 12.8. The van der Waals surface area contributed by atoms with Crippen LogP contribution in [0.4, 0.5) is 0 Å². The second kappa shape index (κ2) is 6.74. The van der Waals surface area contributed by atoms with Crippen LogP contribution >= 0.6 is 15.9 Å². The monoisotopic (exact) mass is 393 g/mol. The molecule has 0 spiro atoms. The van der Waals surface area contributed by atoms with Crippen molar-refractivity contribution in [3.05, 3.63) is 46.2 Å². The molecule has 1 unspecified atom stereocenters. The van der Waals surface area contributed by atoms with E-state index in [1.165, 1.54) is 11.1 Å². The molecular formula is C16H16BrN3O4. The Bertz CT molecular complexity index is 772. The Balaban J connectivity index is 1.91. The summed E-state index contributed by atoms with van der Waals surface area (Å²) < 4.78 is 7.79. The van der Waals surface area contributed by atoms with Gasteiger partial charge >= 0.3 is 5.97 Å². The number of benzene rings is 1. The molecule has 8 heteroatoms. The molecule has 0 saturated carbocycles. The van der Waals surface area contributed by atoms with Crippen LogP contribution in [-0.2, 0) is 9.53 Å². The van der Waals surface area contributed by atoms with Crippen molar-refractivity contribution >= 4 is 27.8 Å². The molecule has 1 aliphatic rings. The average Bonchev–Trinajstić information content (AvgIpc) is 2.96. The summed E-state index contributed by atoms with van der Waals surface area (Å²) in [7, 11) is 0. The Morgan fingerprint density at radius 2 is 2.04 bits per heavy atom. The van der Waals surface area contributed by atoms with E-state index in [9.17, 15) is 14.7 Å². The molecule has 1 amide bonds. The topological polar surface area (TPSA) is 84.7 Å². The first-order valence-electron chi connectivity index (χ1n) is 7.41. The molecule has 1 fully saturated rings. The highest BCUT2D eigenvalue weighted by molar-refractivity contribution is 9.10. The molecule has 24 heavy (non-hydrogen) atoms. The third-order valence-corrected chi connectivity index (χ3v) is 4.51. The Labute approximate surface area is 147 Å². The van der Waals surface area contributed by atoms with Gasteiger partial charge in [-0.2, -0.15) is 5.10 Å². The lowest BCUT2D eigenvalue weighted by molar-refractivity contribution is -0.147. The second-order valence-electron chi connectivity index (χ2n) is 5.46. The minimum Gasteiger partial charge on any atom is -0.480 e. The quantitative estimate of drug-likeness (QED) is 0.860. The molecular weight excluding hydrogens is 378 g/mol. The van der Waals surface area contributed by atoms with E-state index in [1.54, 1.807) is 11.6 Å². The van der Waals surface area contributed by atoms with E-state index in [0.29, 0.717) is 17.9 Å². The smallest absolute Gasteiger partial charge is 0.328 e. The van der Waals surface area contributed by atoms with Gasteiger partial charge in [0.1, 0.15) is 0 Å². The molecule has 1 aliphatic heterocycles. The molecule has 1 atom stereocenters. The van der Waals surface area contributed by atoms with E-state index in [2.05, 4.69) is 21.0 Å². The highest BCUT2D eigenvalue weighted by Gasteiger charge is 2.34. The number of amides is 1. The molecule has 2 heterocycles. The molecule has 3 rings (SSSR count). The Morgan fingerprint density at radius 3 is 2.71 bits per heavy atom. The minimum absolute atomic E-state index is 0.000963. The standard InChI is InChI=1S/C16H16BrN3O4/c1-10-13(8-18-20(10)12-4-2-11(17)3-5-12)15(21)19-6-7-24-9-14(19)16(22)23/h2-5,8,14H,6-7,9H2,1H3,(H,22,23). The van der Waals surface area contributed by atoms with Crippen molar-refractivity contribution in [1.82, 2.24) is 14.7 Å². The summed E-state index contributed by atoms with van der Waals surface area (Å²) in [5.41, 5.74) is 1.88. The van der Waals surface area contributed by atoms with Crippen LogP contribution in [0.2, 0.25) is 0 Å². The van der Waals surface area contributed by atoms with E-state index < -0.39 is 12.0 Å². The van der Waals surface area contributed by atoms with Crippen LogP contribution in [0, 0.1) is 6.92 Å². The SMILES string of the molecule is Cc1c(C(=O)N2CCOCC2C(=O)O)cnn1-c1ccc(Br)cc1. The van der Waals surface area contributed by atoms with Crippen LogP contribution in [0.3, 0.4) is 0 Å². The first-order chi connectivity index (χ1) is 11.5. The molecule has 7 nitrogen and oxygen atoms in total. The number of ether oxygens (including phenoxy) is 1. The number of hydrogen-bond acceptors (Lipinski definition) is 4. The maximum atomic E-state index is 12.8. The molecule has 0 aliphatic carbocycles. The lowest BCUT2D eigenvalue weighted by atomic mass is 10.1. The lowest BCUT2D eigenvalue weighted by Gasteiger charge is -2.32. The third kappa shape index (κ3) is 3.07. The van der Waals surface area contributed by atoms with Gasteiger partial charge < -0.3 is 14.7 Å². The van der Waals surface area contributed by atoms with Gasteiger partial charge in [0.2, 0.25) is 0 Å². The van der Waals surface area contributed by atoms with Crippen LogP contribution in [0.5, 0.6) is 0 Å². The lowest BCUT2D eigenvalue weighted by Crippen LogP contribution is -2.52. The fraction of sp³-hybridized carbons (Fsp3) is 0.312. The van der Waals surface area contributed by atoms with E-state index in [4.69, 9.17) is 4.74 Å². The Morgan fingerprint density at radius 1 is 1.33 bits per heavy atom. The van der Waals surface area contributed by atoms with Gasteiger partial charge in [0.25, 0.3) is 5.91 Å². The van der Waals surface area contributed by atoms with Crippen molar-refractivity contribution in [2.75, 3.05) is 19.8 Å². The summed E-state index contributed by atoms with van der Waals surface area (Å²) in [4.78, 5) is 25.5. The van der Waals surface area contributed by atoms with E-state index in [0.717, 1.165) is 10.2 Å². The summed E-state index contributed by atoms with van der Waals surface area (Å²) in [6, 6.07) is 6.57. The average molecular weight is 394 g/mol. The third-order valence-electron chi connectivity index (χ3n) is 3.99. The number of aromatic nitrogens is 2. The van der Waals surface area contributed by atoms with Gasteiger partial charge in [0, 0.05) is 11.0 Å². The summed E-state index contributed by atoms with van der Waals surface area (Å²) >= 11 is 3.38. The van der Waals surface area contributed by atoms with E-state index in [-0.39, 0.29) is 19.1 Å². The van der Waals surface area contributed by atoms with E-state index in [1.807, 2.05) is 24.3 Å². The van der Waals surface area contributed by atoms with Crippen LogP contribution in [0.25, 0.3) is 5.69 Å². The summed E-state index contributed by atoms with van der Waals surface area (Å²) in [6.45, 7) is 2.37. The highest BCUT2D eigenvalue weighted by atomic mass is 79.9. The van der Waals surface area contributed by atoms with Crippen molar-refractivity contribution in [2.45, 2.75) is 13.0 Å². The summed E-state index contributed by atoms with van der Waals surface area (Å²) in [6.07, 6.45) is 1.48. The van der Waals surface area contributed by atoms with Crippen LogP contribution in [-0.4, -0.2) is 57.5 Å². The fourth-order valence-electron chi connectivity index (χ4n) is 2.67. The first kappa shape index (κ1) is 16.7. The number of morpholine rings is 1. The van der Waals surface area contributed by atoms with Crippen LogP contribution < -0.4 is 0 Å². The van der Waals surface area contributed by atoms with Gasteiger partial charge in [-0.15, -0.1) is 0 Å². The summed E-state index contributed by atoms with van der Waals surface area (Å²) in [5.74, 6) is -1.41. The predicted octanol–water partition coefficient (Wildman–Crippen LogP) is 1.87. The van der Waals surface area contributed by atoms with Gasteiger partial charge in [-0.3, -0.25) is 4.79 Å². The van der Waals surface area contributed by atoms with Gasteiger partial charge in [0.05, 0.1) is 36.4 Å².